The summed E-state index contributed by atoms with van der Waals surface area (Å²) in [7, 11) is 0. The largest absolute Gasteiger partial charge is 0.485 e. The molecule has 3 nitrogen and oxygen atoms in total. The number of anilines is 1. The van der Waals surface area contributed by atoms with Crippen LogP contribution in [0.15, 0.2) is 41.0 Å². The van der Waals surface area contributed by atoms with Crippen molar-refractivity contribution in [3.8, 4) is 5.75 Å². The van der Waals surface area contributed by atoms with Crippen LogP contribution in [-0.2, 0) is 6.61 Å². The van der Waals surface area contributed by atoms with Crippen molar-refractivity contribution < 1.29 is 4.74 Å². The van der Waals surface area contributed by atoms with Crippen molar-refractivity contribution in [3.63, 3.8) is 0 Å². The van der Waals surface area contributed by atoms with Crippen LogP contribution >= 0.6 is 27.5 Å². The maximum absolute atomic E-state index is 5.86. The van der Waals surface area contributed by atoms with Gasteiger partial charge in [0.05, 0.1) is 11.4 Å². The van der Waals surface area contributed by atoms with Crippen molar-refractivity contribution in [2.24, 2.45) is 0 Å². The third-order valence-electron chi connectivity index (χ3n) is 2.14. The molecule has 0 saturated heterocycles. The van der Waals surface area contributed by atoms with Gasteiger partial charge < -0.3 is 10.5 Å². The molecule has 2 aromatic rings. The first-order valence-corrected chi connectivity index (χ1v) is 6.10. The fourth-order valence-corrected chi connectivity index (χ4v) is 1.67. The van der Waals surface area contributed by atoms with E-state index in [1.165, 1.54) is 0 Å². The number of ether oxygens (including phenoxy) is 1. The average Bonchev–Trinajstić information content (AvgIpc) is 2.32. The van der Waals surface area contributed by atoms with Crippen LogP contribution in [0.4, 0.5) is 5.69 Å². The summed E-state index contributed by atoms with van der Waals surface area (Å²) in [6, 6.07) is 8.92. The Morgan fingerprint density at radius 3 is 2.82 bits per heavy atom. The van der Waals surface area contributed by atoms with E-state index in [2.05, 4.69) is 20.9 Å². The number of hydrogen-bond acceptors (Lipinski definition) is 3. The molecular weight excluding hydrogens is 304 g/mol. The Morgan fingerprint density at radius 1 is 1.29 bits per heavy atom. The van der Waals surface area contributed by atoms with E-state index in [1.807, 2.05) is 12.1 Å². The fraction of sp³-hybridized carbons (Fsp3) is 0.0833. The molecule has 0 saturated carbocycles. The van der Waals surface area contributed by atoms with Crippen molar-refractivity contribution in [1.82, 2.24) is 4.98 Å². The van der Waals surface area contributed by atoms with Gasteiger partial charge in [0, 0.05) is 21.8 Å². The van der Waals surface area contributed by atoms with Gasteiger partial charge in [-0.2, -0.15) is 0 Å². The number of hydrogen-bond donors (Lipinski definition) is 1. The molecule has 0 aliphatic heterocycles. The van der Waals surface area contributed by atoms with E-state index in [1.54, 1.807) is 24.4 Å². The summed E-state index contributed by atoms with van der Waals surface area (Å²) in [5.41, 5.74) is 7.15. The molecule has 2 rings (SSSR count). The Bertz CT molecular complexity index is 516. The number of rotatable bonds is 3. The second-order valence-corrected chi connectivity index (χ2v) is 4.79. The van der Waals surface area contributed by atoms with Crippen molar-refractivity contribution in [2.45, 2.75) is 6.61 Å². The van der Waals surface area contributed by atoms with E-state index >= 15 is 0 Å². The number of nitrogens with zero attached hydrogens (tertiary/aromatic N) is 1. The molecule has 5 heteroatoms. The van der Waals surface area contributed by atoms with E-state index in [0.717, 1.165) is 10.2 Å². The maximum atomic E-state index is 5.86. The molecule has 1 aromatic heterocycles. The molecule has 88 valence electrons. The SMILES string of the molecule is Nc1ccc(Cl)cc1OCc1ccc(Br)cn1. The zero-order chi connectivity index (χ0) is 12.3. The second-order valence-electron chi connectivity index (χ2n) is 3.44. The van der Waals surface area contributed by atoms with Crippen molar-refractivity contribution in [3.05, 3.63) is 51.7 Å². The Morgan fingerprint density at radius 2 is 2.12 bits per heavy atom. The van der Waals surface area contributed by atoms with Gasteiger partial charge in [-0.05, 0) is 40.2 Å². The lowest BCUT2D eigenvalue weighted by Gasteiger charge is -2.08. The smallest absolute Gasteiger partial charge is 0.144 e. The van der Waals surface area contributed by atoms with Gasteiger partial charge in [-0.1, -0.05) is 11.6 Å². The molecule has 0 atom stereocenters. The number of nitrogens with two attached hydrogens (primary N) is 1. The molecule has 0 radical (unpaired) electrons. The number of nitrogen functional groups attached to an aromatic ring is 1. The Hall–Kier alpha value is -1.26. The topological polar surface area (TPSA) is 48.1 Å². The van der Waals surface area contributed by atoms with Crippen LogP contribution in [0.2, 0.25) is 5.02 Å². The van der Waals surface area contributed by atoms with Crippen LogP contribution in [0.3, 0.4) is 0 Å². The molecule has 17 heavy (non-hydrogen) atoms. The molecule has 2 N–H and O–H groups in total. The monoisotopic (exact) mass is 312 g/mol. The van der Waals surface area contributed by atoms with Crippen LogP contribution in [0, 0.1) is 0 Å². The van der Waals surface area contributed by atoms with Gasteiger partial charge in [0.25, 0.3) is 0 Å². The third-order valence-corrected chi connectivity index (χ3v) is 2.84. The van der Waals surface area contributed by atoms with E-state index in [4.69, 9.17) is 22.1 Å². The highest BCUT2D eigenvalue weighted by Gasteiger charge is 2.02. The molecule has 0 amide bonds. The van der Waals surface area contributed by atoms with Crippen molar-refractivity contribution in [2.75, 3.05) is 5.73 Å². The highest BCUT2D eigenvalue weighted by Crippen LogP contribution is 2.26. The molecule has 0 aliphatic carbocycles. The van der Waals surface area contributed by atoms with Gasteiger partial charge in [0.15, 0.2) is 0 Å². The summed E-state index contributed by atoms with van der Waals surface area (Å²) in [6.45, 7) is 0.359. The standard InChI is InChI=1S/C12H10BrClN2O/c13-8-1-3-10(16-6-8)7-17-12-5-9(14)2-4-11(12)15/h1-6H,7,15H2. The van der Waals surface area contributed by atoms with Crippen LogP contribution in [0.25, 0.3) is 0 Å². The van der Waals surface area contributed by atoms with E-state index in [-0.39, 0.29) is 0 Å². The minimum Gasteiger partial charge on any atom is -0.485 e. The van der Waals surface area contributed by atoms with Gasteiger partial charge in [-0.3, -0.25) is 4.98 Å². The summed E-state index contributed by atoms with van der Waals surface area (Å²) in [5, 5.41) is 0.595. The number of aromatic nitrogens is 1. The Labute approximate surface area is 113 Å². The molecule has 1 aromatic carbocycles. The maximum Gasteiger partial charge on any atom is 0.144 e. The lowest BCUT2D eigenvalue weighted by molar-refractivity contribution is 0.303. The zero-order valence-electron chi connectivity index (χ0n) is 8.86. The van der Waals surface area contributed by atoms with Gasteiger partial charge in [0.1, 0.15) is 12.4 Å². The molecule has 0 aliphatic rings. The number of halogens is 2. The van der Waals surface area contributed by atoms with Crippen molar-refractivity contribution >= 4 is 33.2 Å². The second kappa shape index (κ2) is 5.38. The minimum atomic E-state index is 0.359. The predicted molar refractivity (Wildman–Crippen MR) is 72.1 cm³/mol. The summed E-state index contributed by atoms with van der Waals surface area (Å²) in [6.07, 6.45) is 1.72. The van der Waals surface area contributed by atoms with Crippen LogP contribution in [0.5, 0.6) is 5.75 Å². The lowest BCUT2D eigenvalue weighted by Crippen LogP contribution is -2.00. The first kappa shape index (κ1) is 12.2. The average molecular weight is 314 g/mol. The normalized spacial score (nSPS) is 10.2. The van der Waals surface area contributed by atoms with Gasteiger partial charge in [-0.15, -0.1) is 0 Å². The molecule has 0 fully saturated rings. The Kier molecular flexibility index (Phi) is 3.86. The Balaban J connectivity index is 2.07. The summed E-state index contributed by atoms with van der Waals surface area (Å²) in [4.78, 5) is 4.20. The highest BCUT2D eigenvalue weighted by atomic mass is 79.9. The molecule has 0 unspecified atom stereocenters. The number of pyridine rings is 1. The minimum absolute atomic E-state index is 0.359. The summed E-state index contributed by atoms with van der Waals surface area (Å²) < 4.78 is 6.49. The van der Waals surface area contributed by atoms with E-state index < -0.39 is 0 Å². The molecule has 0 spiro atoms. The predicted octanol–water partition coefficient (Wildman–Crippen LogP) is 3.66. The molecule has 0 bridgehead atoms. The zero-order valence-corrected chi connectivity index (χ0v) is 11.2. The molecular formula is C12H10BrClN2O. The van der Waals surface area contributed by atoms with Crippen LogP contribution < -0.4 is 10.5 Å². The van der Waals surface area contributed by atoms with E-state index in [0.29, 0.717) is 23.1 Å². The highest BCUT2D eigenvalue weighted by molar-refractivity contribution is 9.10. The van der Waals surface area contributed by atoms with Gasteiger partial charge in [0.2, 0.25) is 0 Å². The first-order chi connectivity index (χ1) is 8.15. The van der Waals surface area contributed by atoms with Crippen LogP contribution in [0.1, 0.15) is 5.69 Å². The van der Waals surface area contributed by atoms with Gasteiger partial charge in [-0.25, -0.2) is 0 Å². The third kappa shape index (κ3) is 3.35. The fourth-order valence-electron chi connectivity index (χ4n) is 1.28. The lowest BCUT2D eigenvalue weighted by atomic mass is 10.3. The summed E-state index contributed by atoms with van der Waals surface area (Å²) in [5.74, 6) is 0.571. The quantitative estimate of drug-likeness (QED) is 0.880. The van der Waals surface area contributed by atoms with Gasteiger partial charge >= 0.3 is 0 Å². The first-order valence-electron chi connectivity index (χ1n) is 4.93. The molecule has 1 heterocycles. The summed E-state index contributed by atoms with van der Waals surface area (Å²) >= 11 is 9.18. The van der Waals surface area contributed by atoms with Crippen molar-refractivity contribution in [1.29, 1.82) is 0 Å². The van der Waals surface area contributed by atoms with E-state index in [9.17, 15) is 0 Å². The number of benzene rings is 1. The van der Waals surface area contributed by atoms with Crippen LogP contribution in [-0.4, -0.2) is 4.98 Å².